The fraction of sp³-hybridized carbons (Fsp3) is 0.0870. The van der Waals surface area contributed by atoms with Gasteiger partial charge in [0.2, 0.25) is 5.78 Å². The molecule has 0 bridgehead atoms. The minimum absolute atomic E-state index is 0.133. The van der Waals surface area contributed by atoms with Gasteiger partial charge in [-0.15, -0.1) is 11.3 Å². The van der Waals surface area contributed by atoms with Crippen LogP contribution in [0.1, 0.15) is 15.9 Å². The molecule has 1 atom stereocenters. The fourth-order valence-corrected chi connectivity index (χ4v) is 3.91. The highest BCUT2D eigenvalue weighted by molar-refractivity contribution is 7.13. The van der Waals surface area contributed by atoms with Crippen LogP contribution in [0.5, 0.6) is 0 Å². The van der Waals surface area contributed by atoms with E-state index in [2.05, 4.69) is 15.4 Å². The van der Waals surface area contributed by atoms with Crippen molar-refractivity contribution in [2.24, 2.45) is 5.73 Å². The number of benzene rings is 1. The number of hydrogen-bond donors (Lipinski definition) is 2. The van der Waals surface area contributed by atoms with Crippen molar-refractivity contribution >= 4 is 28.9 Å². The van der Waals surface area contributed by atoms with Gasteiger partial charge in [0, 0.05) is 18.8 Å². The Bertz CT molecular complexity index is 1250. The van der Waals surface area contributed by atoms with Crippen LogP contribution in [0.15, 0.2) is 78.4 Å². The molecule has 160 valence electrons. The smallest absolute Gasteiger partial charge is 0.287 e. The molecule has 4 rings (SSSR count). The highest BCUT2D eigenvalue weighted by Gasteiger charge is 2.27. The Hall–Kier alpha value is -4.11. The minimum atomic E-state index is -1.11. The molecule has 4 aromatic rings. The predicted octanol–water partition coefficient (Wildman–Crippen LogP) is 2.39. The Morgan fingerprint density at radius 2 is 1.84 bits per heavy atom. The van der Waals surface area contributed by atoms with Crippen LogP contribution in [-0.2, 0) is 16.0 Å². The molecule has 8 nitrogen and oxygen atoms in total. The molecule has 0 saturated heterocycles. The number of amides is 2. The third-order valence-electron chi connectivity index (χ3n) is 4.76. The summed E-state index contributed by atoms with van der Waals surface area (Å²) in [5.41, 5.74) is 6.96. The molecule has 2 amide bonds. The van der Waals surface area contributed by atoms with E-state index in [0.717, 1.165) is 16.1 Å². The zero-order valence-electron chi connectivity index (χ0n) is 16.8. The molecule has 0 saturated carbocycles. The average Bonchev–Trinajstić information content (AvgIpc) is 3.51. The number of Topliss-reactive ketones (excluding diaryl/α,β-unsaturated/α-hetero) is 1. The number of nitrogens with zero attached hydrogens (tertiary/aromatic N) is 3. The van der Waals surface area contributed by atoms with Gasteiger partial charge in [-0.1, -0.05) is 36.4 Å². The Morgan fingerprint density at radius 1 is 1.03 bits per heavy atom. The molecule has 3 aromatic heterocycles. The number of thiophene rings is 1. The number of nitrogens with one attached hydrogen (secondary N) is 1. The van der Waals surface area contributed by atoms with E-state index in [1.54, 1.807) is 48.0 Å². The molecule has 9 heteroatoms. The fourth-order valence-electron chi connectivity index (χ4n) is 3.22. The maximum absolute atomic E-state index is 13.1. The Labute approximate surface area is 187 Å². The Morgan fingerprint density at radius 3 is 2.56 bits per heavy atom. The van der Waals surface area contributed by atoms with Crippen molar-refractivity contribution in [3.8, 4) is 16.4 Å². The summed E-state index contributed by atoms with van der Waals surface area (Å²) in [7, 11) is 0. The number of primary amides is 1. The van der Waals surface area contributed by atoms with Crippen LogP contribution in [0.2, 0.25) is 0 Å². The summed E-state index contributed by atoms with van der Waals surface area (Å²) in [6.45, 7) is 0. The molecule has 0 aliphatic rings. The van der Waals surface area contributed by atoms with Crippen molar-refractivity contribution in [1.82, 2.24) is 20.1 Å². The van der Waals surface area contributed by atoms with Crippen molar-refractivity contribution in [1.29, 1.82) is 0 Å². The number of aromatic nitrogens is 3. The lowest BCUT2D eigenvalue weighted by molar-refractivity contribution is -0.137. The number of rotatable bonds is 8. The minimum Gasteiger partial charge on any atom is -0.363 e. The van der Waals surface area contributed by atoms with E-state index < -0.39 is 23.6 Å². The second-order valence-electron chi connectivity index (χ2n) is 6.94. The summed E-state index contributed by atoms with van der Waals surface area (Å²) < 4.78 is 1.51. The summed E-state index contributed by atoms with van der Waals surface area (Å²) in [6, 6.07) is 16.9. The molecule has 32 heavy (non-hydrogen) atoms. The number of hydrogen-bond acceptors (Lipinski definition) is 6. The molecule has 0 spiro atoms. The van der Waals surface area contributed by atoms with E-state index >= 15 is 0 Å². The van der Waals surface area contributed by atoms with Crippen LogP contribution < -0.4 is 11.1 Å². The zero-order chi connectivity index (χ0) is 22.5. The largest absolute Gasteiger partial charge is 0.363 e. The van der Waals surface area contributed by atoms with Crippen LogP contribution in [0, 0.1) is 0 Å². The van der Waals surface area contributed by atoms with Gasteiger partial charge in [-0.25, -0.2) is 9.67 Å². The monoisotopic (exact) mass is 445 g/mol. The van der Waals surface area contributed by atoms with Crippen molar-refractivity contribution in [2.45, 2.75) is 12.5 Å². The molecule has 3 heterocycles. The first-order chi connectivity index (χ1) is 15.5. The van der Waals surface area contributed by atoms with Gasteiger partial charge in [0.25, 0.3) is 11.8 Å². The lowest BCUT2D eigenvalue weighted by Gasteiger charge is -2.17. The van der Waals surface area contributed by atoms with Gasteiger partial charge in [0.15, 0.2) is 5.82 Å². The second-order valence-corrected chi connectivity index (χ2v) is 7.89. The topological polar surface area (TPSA) is 120 Å². The second kappa shape index (κ2) is 9.36. The highest BCUT2D eigenvalue weighted by atomic mass is 32.1. The van der Waals surface area contributed by atoms with Gasteiger partial charge in [-0.05, 0) is 35.2 Å². The van der Waals surface area contributed by atoms with Crippen molar-refractivity contribution in [3.05, 3.63) is 89.6 Å². The van der Waals surface area contributed by atoms with Gasteiger partial charge >= 0.3 is 0 Å². The molecule has 1 aromatic carbocycles. The Kier molecular flexibility index (Phi) is 6.18. The first-order valence-electron chi connectivity index (χ1n) is 9.76. The number of ketones is 1. The summed E-state index contributed by atoms with van der Waals surface area (Å²) in [4.78, 5) is 42.3. The summed E-state index contributed by atoms with van der Waals surface area (Å²) in [5.74, 6) is -2.23. The summed E-state index contributed by atoms with van der Waals surface area (Å²) in [6.07, 6.45) is 3.40. The highest BCUT2D eigenvalue weighted by Crippen LogP contribution is 2.23. The average molecular weight is 446 g/mol. The molecule has 0 fully saturated rings. The predicted molar refractivity (Wildman–Crippen MR) is 120 cm³/mol. The van der Waals surface area contributed by atoms with Gasteiger partial charge in [0.05, 0.1) is 10.4 Å². The van der Waals surface area contributed by atoms with Crippen LogP contribution >= 0.6 is 11.3 Å². The van der Waals surface area contributed by atoms with E-state index in [4.69, 9.17) is 5.73 Å². The third-order valence-corrected chi connectivity index (χ3v) is 5.65. The summed E-state index contributed by atoms with van der Waals surface area (Å²) in [5, 5.41) is 9.11. The first-order valence-corrected chi connectivity index (χ1v) is 10.6. The number of carbonyl (C=O) groups is 3. The maximum Gasteiger partial charge on any atom is 0.287 e. The Balaban J connectivity index is 1.61. The molecule has 0 radical (unpaired) electrons. The van der Waals surface area contributed by atoms with Crippen LogP contribution in [0.25, 0.3) is 16.4 Å². The lowest BCUT2D eigenvalue weighted by Crippen LogP contribution is -2.47. The van der Waals surface area contributed by atoms with Gasteiger partial charge < -0.3 is 11.1 Å². The molecule has 1 unspecified atom stereocenters. The van der Waals surface area contributed by atoms with Gasteiger partial charge in [-0.2, -0.15) is 5.10 Å². The van der Waals surface area contributed by atoms with Gasteiger partial charge in [0.1, 0.15) is 11.7 Å². The van der Waals surface area contributed by atoms with Crippen molar-refractivity contribution < 1.29 is 14.4 Å². The number of nitrogens with two attached hydrogens (primary N) is 1. The molecule has 3 N–H and O–H groups in total. The quantitative estimate of drug-likeness (QED) is 0.404. The molecular weight excluding hydrogens is 426 g/mol. The van der Waals surface area contributed by atoms with Crippen LogP contribution in [0.4, 0.5) is 0 Å². The number of pyridine rings is 1. The SMILES string of the molecule is NC(=O)C(=O)C(Cc1ccccc1)NC(=O)c1cccnc1-n1ccc(-c2cccs2)n1. The standard InChI is InChI=1S/C23H19N5O3S/c24-21(30)20(29)18(14-15-6-2-1-3-7-15)26-23(31)16-8-4-11-25-22(16)28-12-10-17(27-28)19-9-5-13-32-19/h1-13,18H,14H2,(H2,24,30)(H,26,31). The van der Waals surface area contributed by atoms with Crippen LogP contribution in [-0.4, -0.2) is 38.4 Å². The maximum atomic E-state index is 13.1. The third kappa shape index (κ3) is 4.62. The molecular formula is C23H19N5O3S. The molecule has 0 aliphatic carbocycles. The van der Waals surface area contributed by atoms with E-state index in [1.807, 2.05) is 41.8 Å². The van der Waals surface area contributed by atoms with Crippen LogP contribution in [0.3, 0.4) is 0 Å². The van der Waals surface area contributed by atoms with Crippen molar-refractivity contribution in [2.75, 3.05) is 0 Å². The van der Waals surface area contributed by atoms with Crippen molar-refractivity contribution in [3.63, 3.8) is 0 Å². The first kappa shape index (κ1) is 21.1. The normalized spacial score (nSPS) is 11.6. The zero-order valence-corrected chi connectivity index (χ0v) is 17.7. The van der Waals surface area contributed by atoms with E-state index in [0.29, 0.717) is 5.82 Å². The van der Waals surface area contributed by atoms with E-state index in [9.17, 15) is 14.4 Å². The lowest BCUT2D eigenvalue weighted by atomic mass is 10.0. The summed E-state index contributed by atoms with van der Waals surface area (Å²) >= 11 is 1.55. The van der Waals surface area contributed by atoms with Gasteiger partial charge in [-0.3, -0.25) is 14.4 Å². The molecule has 0 aliphatic heterocycles. The number of carbonyl (C=O) groups excluding carboxylic acids is 3. The van der Waals surface area contributed by atoms with E-state index in [-0.39, 0.29) is 12.0 Å². The van der Waals surface area contributed by atoms with E-state index in [1.165, 1.54) is 4.68 Å².